The second-order valence-electron chi connectivity index (χ2n) is 4.33. The van der Waals surface area contributed by atoms with Crippen LogP contribution < -0.4 is 5.32 Å². The van der Waals surface area contributed by atoms with Crippen LogP contribution in [-0.2, 0) is 0 Å². The lowest BCUT2D eigenvalue weighted by Gasteiger charge is -2.13. The molecule has 0 aromatic heterocycles. The third kappa shape index (κ3) is 1.72. The van der Waals surface area contributed by atoms with Crippen LogP contribution in [0.4, 0.5) is 5.69 Å². The molecule has 1 aromatic rings. The number of nitriles is 1. The van der Waals surface area contributed by atoms with Crippen molar-refractivity contribution in [3.63, 3.8) is 0 Å². The van der Waals surface area contributed by atoms with Crippen LogP contribution in [-0.4, -0.2) is 5.54 Å². The molecule has 1 N–H and O–H groups in total. The lowest BCUT2D eigenvalue weighted by molar-refractivity contribution is 0.829. The zero-order chi connectivity index (χ0) is 10.2. The molecule has 1 aliphatic carbocycles. The van der Waals surface area contributed by atoms with Gasteiger partial charge in [-0.3, -0.25) is 0 Å². The highest BCUT2D eigenvalue weighted by atomic mass is 15.0. The van der Waals surface area contributed by atoms with Gasteiger partial charge in [0.05, 0.1) is 11.6 Å². The fourth-order valence-corrected chi connectivity index (χ4v) is 1.53. The monoisotopic (exact) mass is 186 g/mol. The van der Waals surface area contributed by atoms with E-state index in [9.17, 15) is 0 Å². The number of aryl methyl sites for hydroxylation is 1. The predicted octanol–water partition coefficient (Wildman–Crippen LogP) is 2.83. The summed E-state index contributed by atoms with van der Waals surface area (Å²) in [5.41, 5.74) is 3.24. The smallest absolute Gasteiger partial charge is 0.0994 e. The molecule has 2 nitrogen and oxygen atoms in total. The van der Waals surface area contributed by atoms with Gasteiger partial charge in [-0.1, -0.05) is 0 Å². The zero-order valence-corrected chi connectivity index (χ0v) is 8.59. The molecule has 0 radical (unpaired) electrons. The summed E-state index contributed by atoms with van der Waals surface area (Å²) in [5, 5.41) is 12.3. The van der Waals surface area contributed by atoms with Crippen LogP contribution in [0.15, 0.2) is 18.2 Å². The first-order chi connectivity index (χ1) is 6.63. The van der Waals surface area contributed by atoms with Crippen molar-refractivity contribution in [2.24, 2.45) is 0 Å². The van der Waals surface area contributed by atoms with Gasteiger partial charge in [-0.05, 0) is 50.5 Å². The standard InChI is InChI=1S/C12H14N2/c1-9-7-11(4-3-10(9)8-13)14-12(2)5-6-12/h3-4,7,14H,5-6H2,1-2H3. The fourth-order valence-electron chi connectivity index (χ4n) is 1.53. The molecule has 0 atom stereocenters. The Balaban J connectivity index is 2.21. The van der Waals surface area contributed by atoms with Gasteiger partial charge in [-0.2, -0.15) is 5.26 Å². The predicted molar refractivity (Wildman–Crippen MR) is 57.2 cm³/mol. The van der Waals surface area contributed by atoms with Gasteiger partial charge in [0.15, 0.2) is 0 Å². The normalized spacial score (nSPS) is 17.2. The van der Waals surface area contributed by atoms with Crippen LogP contribution in [0.3, 0.4) is 0 Å². The molecule has 1 aromatic carbocycles. The fraction of sp³-hybridized carbons (Fsp3) is 0.417. The topological polar surface area (TPSA) is 35.8 Å². The highest BCUT2D eigenvalue weighted by molar-refractivity contribution is 5.53. The van der Waals surface area contributed by atoms with E-state index < -0.39 is 0 Å². The van der Waals surface area contributed by atoms with E-state index >= 15 is 0 Å². The molecule has 0 amide bonds. The Labute approximate surface area is 84.6 Å². The van der Waals surface area contributed by atoms with Crippen LogP contribution in [0, 0.1) is 18.3 Å². The van der Waals surface area contributed by atoms with Gasteiger partial charge < -0.3 is 5.32 Å². The Hall–Kier alpha value is -1.49. The van der Waals surface area contributed by atoms with E-state index in [2.05, 4.69) is 18.3 Å². The number of hydrogen-bond acceptors (Lipinski definition) is 2. The number of benzene rings is 1. The maximum Gasteiger partial charge on any atom is 0.0994 e. The largest absolute Gasteiger partial charge is 0.380 e. The Bertz CT molecular complexity index is 397. The molecule has 1 aliphatic rings. The van der Waals surface area contributed by atoms with Gasteiger partial charge in [0.2, 0.25) is 0 Å². The van der Waals surface area contributed by atoms with Crippen molar-refractivity contribution in [3.05, 3.63) is 29.3 Å². The Morgan fingerprint density at radius 2 is 2.14 bits per heavy atom. The highest BCUT2D eigenvalue weighted by Crippen LogP contribution is 2.38. The molecule has 1 saturated carbocycles. The van der Waals surface area contributed by atoms with Gasteiger partial charge in [0.1, 0.15) is 0 Å². The number of rotatable bonds is 2. The van der Waals surface area contributed by atoms with Crippen molar-refractivity contribution in [3.8, 4) is 6.07 Å². The Kier molecular flexibility index (Phi) is 1.96. The van der Waals surface area contributed by atoms with E-state index in [4.69, 9.17) is 5.26 Å². The first kappa shape index (κ1) is 9.08. The summed E-state index contributed by atoms with van der Waals surface area (Å²) in [4.78, 5) is 0. The van der Waals surface area contributed by atoms with Crippen molar-refractivity contribution < 1.29 is 0 Å². The van der Waals surface area contributed by atoms with E-state index in [1.54, 1.807) is 0 Å². The number of hydrogen-bond donors (Lipinski definition) is 1. The SMILES string of the molecule is Cc1cc(NC2(C)CC2)ccc1C#N. The lowest BCUT2D eigenvalue weighted by Crippen LogP contribution is -2.15. The van der Waals surface area contributed by atoms with E-state index in [-0.39, 0.29) is 0 Å². The molecule has 14 heavy (non-hydrogen) atoms. The van der Waals surface area contributed by atoms with Crippen molar-refractivity contribution in [2.75, 3.05) is 5.32 Å². The van der Waals surface area contributed by atoms with E-state index in [1.807, 2.05) is 25.1 Å². The summed E-state index contributed by atoms with van der Waals surface area (Å²) in [7, 11) is 0. The van der Waals surface area contributed by atoms with Gasteiger partial charge in [0.25, 0.3) is 0 Å². The number of anilines is 1. The van der Waals surface area contributed by atoms with Crippen molar-refractivity contribution in [1.82, 2.24) is 0 Å². The molecule has 0 unspecified atom stereocenters. The second kappa shape index (κ2) is 3.02. The lowest BCUT2D eigenvalue weighted by atomic mass is 10.1. The summed E-state index contributed by atoms with van der Waals surface area (Å²) in [6.45, 7) is 4.19. The molecule has 0 spiro atoms. The molecule has 0 saturated heterocycles. The molecule has 72 valence electrons. The molecule has 2 rings (SSSR count). The molecule has 0 aliphatic heterocycles. The molecule has 0 bridgehead atoms. The summed E-state index contributed by atoms with van der Waals surface area (Å²) < 4.78 is 0. The highest BCUT2D eigenvalue weighted by Gasteiger charge is 2.36. The van der Waals surface area contributed by atoms with Crippen LogP contribution in [0.25, 0.3) is 0 Å². The minimum atomic E-state index is 0.306. The summed E-state index contributed by atoms with van der Waals surface area (Å²) >= 11 is 0. The molecule has 1 fully saturated rings. The van der Waals surface area contributed by atoms with Crippen LogP contribution in [0.5, 0.6) is 0 Å². The van der Waals surface area contributed by atoms with E-state index in [0.717, 1.165) is 16.8 Å². The molecule has 2 heteroatoms. The minimum absolute atomic E-state index is 0.306. The first-order valence-electron chi connectivity index (χ1n) is 4.92. The molecule has 0 heterocycles. The van der Waals surface area contributed by atoms with Crippen molar-refractivity contribution in [2.45, 2.75) is 32.2 Å². The molecular formula is C12H14N2. The van der Waals surface area contributed by atoms with Crippen LogP contribution in [0.1, 0.15) is 30.9 Å². The maximum atomic E-state index is 8.78. The minimum Gasteiger partial charge on any atom is -0.380 e. The Morgan fingerprint density at radius 1 is 1.43 bits per heavy atom. The number of nitrogens with zero attached hydrogens (tertiary/aromatic N) is 1. The maximum absolute atomic E-state index is 8.78. The quantitative estimate of drug-likeness (QED) is 0.770. The summed E-state index contributed by atoms with van der Waals surface area (Å²) in [6.07, 6.45) is 2.48. The van der Waals surface area contributed by atoms with Gasteiger partial charge in [-0.15, -0.1) is 0 Å². The summed E-state index contributed by atoms with van der Waals surface area (Å²) in [6, 6.07) is 8.08. The van der Waals surface area contributed by atoms with Crippen molar-refractivity contribution >= 4 is 5.69 Å². The molecular weight excluding hydrogens is 172 g/mol. The zero-order valence-electron chi connectivity index (χ0n) is 8.59. The number of nitrogens with one attached hydrogen (secondary N) is 1. The van der Waals surface area contributed by atoms with Crippen LogP contribution in [0.2, 0.25) is 0 Å². The summed E-state index contributed by atoms with van der Waals surface area (Å²) in [5.74, 6) is 0. The second-order valence-corrected chi connectivity index (χ2v) is 4.33. The average molecular weight is 186 g/mol. The third-order valence-corrected chi connectivity index (χ3v) is 2.79. The van der Waals surface area contributed by atoms with E-state index in [1.165, 1.54) is 12.8 Å². The van der Waals surface area contributed by atoms with Gasteiger partial charge in [-0.25, -0.2) is 0 Å². The Morgan fingerprint density at radius 3 is 2.64 bits per heavy atom. The van der Waals surface area contributed by atoms with Gasteiger partial charge in [0, 0.05) is 11.2 Å². The first-order valence-corrected chi connectivity index (χ1v) is 4.92. The van der Waals surface area contributed by atoms with Crippen molar-refractivity contribution in [1.29, 1.82) is 5.26 Å². The third-order valence-electron chi connectivity index (χ3n) is 2.79. The van der Waals surface area contributed by atoms with Gasteiger partial charge >= 0.3 is 0 Å². The van der Waals surface area contributed by atoms with E-state index in [0.29, 0.717) is 5.54 Å². The van der Waals surface area contributed by atoms with Crippen LogP contribution >= 0.6 is 0 Å². The average Bonchev–Trinajstić information content (AvgIpc) is 2.84.